The van der Waals surface area contributed by atoms with Crippen LogP contribution in [0.25, 0.3) is 0 Å². The fourth-order valence-electron chi connectivity index (χ4n) is 0. The molecule has 0 aliphatic rings. The number of rotatable bonds is 1. The first-order valence-electron chi connectivity index (χ1n) is 1.06. The van der Waals surface area contributed by atoms with Gasteiger partial charge in [0.25, 0.3) is 0 Å². The zero-order valence-electron chi connectivity index (χ0n) is 3.72. The van der Waals surface area contributed by atoms with Gasteiger partial charge in [-0.15, -0.1) is 0 Å². The molecule has 0 aliphatic heterocycles. The van der Waals surface area contributed by atoms with E-state index < -0.39 is 16.1 Å². The summed E-state index contributed by atoms with van der Waals surface area (Å²) in [5.74, 6) is 0. The third-order valence-corrected chi connectivity index (χ3v) is 0.401. The summed E-state index contributed by atoms with van der Waals surface area (Å²) in [7, 11) is -4.58. The van der Waals surface area contributed by atoms with Crippen molar-refractivity contribution in [1.29, 1.82) is 0 Å². The van der Waals surface area contributed by atoms with Crippen molar-refractivity contribution in [2.24, 2.45) is 0 Å². The molecule has 0 radical (unpaired) electrons. The normalized spacial score (nSPS) is 10.0. The van der Waals surface area contributed by atoms with Gasteiger partial charge in [-0.05, 0) is 0 Å². The fraction of sp³-hybridized carbons (Fsp3) is 1.00. The molecule has 3 nitrogen and oxygen atoms in total. The molecule has 0 aromatic carbocycles. The Labute approximate surface area is 83.5 Å². The Bertz CT molecular complexity index is 117. The molecule has 0 rings (SSSR count). The number of alkyl halides is 1. The largest absolute Gasteiger partial charge is 1.00 e. The van der Waals surface area contributed by atoms with Crippen molar-refractivity contribution in [2.75, 3.05) is 6.01 Å². The van der Waals surface area contributed by atoms with Crippen LogP contribution >= 0.6 is 0 Å². The van der Waals surface area contributed by atoms with E-state index in [0.717, 1.165) is 0 Å². The molecule has 0 amide bonds. The minimum Gasteiger partial charge on any atom is -0.746 e. The van der Waals surface area contributed by atoms with Gasteiger partial charge in [0.15, 0.2) is 6.01 Å². The maximum Gasteiger partial charge on any atom is 1.00 e. The van der Waals surface area contributed by atoms with Gasteiger partial charge in [-0.2, -0.15) is 0 Å². The molecular weight excluding hydrogens is 150 g/mol. The molecule has 0 aromatic rings. The Morgan fingerprint density at radius 2 is 1.71 bits per heavy atom. The first-order valence-corrected chi connectivity index (χ1v) is 2.63. The van der Waals surface area contributed by atoms with Crippen molar-refractivity contribution >= 4 is 10.1 Å². The predicted molar refractivity (Wildman–Crippen MR) is 15.7 cm³/mol. The van der Waals surface area contributed by atoms with Crippen molar-refractivity contribution in [3.63, 3.8) is 0 Å². The van der Waals surface area contributed by atoms with Gasteiger partial charge >= 0.3 is 51.4 Å². The van der Waals surface area contributed by atoms with Gasteiger partial charge in [0.2, 0.25) is 0 Å². The maximum atomic E-state index is 10.6. The Balaban J connectivity index is 0. The van der Waals surface area contributed by atoms with Crippen LogP contribution in [0.15, 0.2) is 0 Å². The van der Waals surface area contributed by atoms with Crippen molar-refractivity contribution < 1.29 is 68.7 Å². The average molecular weight is 152 g/mol. The van der Waals surface area contributed by atoms with E-state index in [0.29, 0.717) is 0 Å². The van der Waals surface area contributed by atoms with E-state index in [4.69, 9.17) is 13.0 Å². The van der Waals surface area contributed by atoms with Crippen LogP contribution in [0.4, 0.5) is 4.39 Å². The second-order valence-corrected chi connectivity index (χ2v) is 2.00. The molecular formula is CH2FKO3S. The van der Waals surface area contributed by atoms with Crippen LogP contribution < -0.4 is 51.4 Å². The van der Waals surface area contributed by atoms with E-state index in [9.17, 15) is 4.39 Å². The first kappa shape index (κ1) is 11.3. The van der Waals surface area contributed by atoms with E-state index in [1.165, 1.54) is 0 Å². The molecule has 0 unspecified atom stereocenters. The fourth-order valence-corrected chi connectivity index (χ4v) is 0. The average Bonchev–Trinajstić information content (AvgIpc) is 1.35. The molecule has 0 spiro atoms. The first-order chi connectivity index (χ1) is 2.56. The quantitative estimate of drug-likeness (QED) is 0.289. The minimum atomic E-state index is -4.58. The summed E-state index contributed by atoms with van der Waals surface area (Å²) in [4.78, 5) is 0. The van der Waals surface area contributed by atoms with E-state index in [-0.39, 0.29) is 51.4 Å². The Morgan fingerprint density at radius 3 is 1.71 bits per heavy atom. The molecule has 0 N–H and O–H groups in total. The van der Waals surface area contributed by atoms with Gasteiger partial charge in [-0.1, -0.05) is 0 Å². The predicted octanol–water partition coefficient (Wildman–Crippen LogP) is -3.54. The standard InChI is InChI=1S/CH3FO3S.K/c2-1-6(3,4)5;/h1H2,(H,3,4,5);/q;+1/p-1. The van der Waals surface area contributed by atoms with Crippen LogP contribution in [-0.2, 0) is 10.1 Å². The third kappa shape index (κ3) is 11.2. The number of hydrogen-bond acceptors (Lipinski definition) is 3. The Kier molecular flexibility index (Phi) is 7.04. The second kappa shape index (κ2) is 4.36. The number of hydrogen-bond donors (Lipinski definition) is 0. The summed E-state index contributed by atoms with van der Waals surface area (Å²) in [6.07, 6.45) is 0. The van der Waals surface area contributed by atoms with Gasteiger partial charge < -0.3 is 4.55 Å². The zero-order chi connectivity index (χ0) is 5.21. The summed E-state index contributed by atoms with van der Waals surface area (Å²) in [5, 5.41) is 0. The van der Waals surface area contributed by atoms with Gasteiger partial charge in [0, 0.05) is 0 Å². The van der Waals surface area contributed by atoms with Crippen LogP contribution in [0, 0.1) is 0 Å². The summed E-state index contributed by atoms with van der Waals surface area (Å²) in [6, 6.07) is -1.81. The monoisotopic (exact) mass is 152 g/mol. The van der Waals surface area contributed by atoms with Crippen molar-refractivity contribution in [2.45, 2.75) is 0 Å². The zero-order valence-corrected chi connectivity index (χ0v) is 7.66. The van der Waals surface area contributed by atoms with Crippen molar-refractivity contribution in [3.8, 4) is 0 Å². The van der Waals surface area contributed by atoms with E-state index in [1.807, 2.05) is 0 Å². The van der Waals surface area contributed by atoms with Gasteiger partial charge in [-0.3, -0.25) is 0 Å². The summed E-state index contributed by atoms with van der Waals surface area (Å²) in [5.41, 5.74) is 0. The molecule has 0 aromatic heterocycles. The summed E-state index contributed by atoms with van der Waals surface area (Å²) < 4.78 is 37.8. The second-order valence-electron chi connectivity index (χ2n) is 0.667. The Morgan fingerprint density at radius 1 is 1.57 bits per heavy atom. The molecule has 0 heterocycles. The van der Waals surface area contributed by atoms with Gasteiger partial charge in [-0.25, -0.2) is 12.8 Å². The summed E-state index contributed by atoms with van der Waals surface area (Å²) >= 11 is 0. The van der Waals surface area contributed by atoms with Crippen LogP contribution in [0.1, 0.15) is 0 Å². The van der Waals surface area contributed by atoms with Crippen LogP contribution in [-0.4, -0.2) is 19.0 Å². The van der Waals surface area contributed by atoms with Gasteiger partial charge in [0.05, 0.1) is 0 Å². The summed E-state index contributed by atoms with van der Waals surface area (Å²) in [6.45, 7) is 0. The van der Waals surface area contributed by atoms with Gasteiger partial charge in [0.1, 0.15) is 10.1 Å². The van der Waals surface area contributed by atoms with E-state index in [1.54, 1.807) is 0 Å². The maximum absolute atomic E-state index is 10.6. The molecule has 7 heavy (non-hydrogen) atoms. The molecule has 0 atom stereocenters. The SMILES string of the molecule is O=S(=O)([O-])CF.[K+]. The van der Waals surface area contributed by atoms with Crippen LogP contribution in [0.3, 0.4) is 0 Å². The van der Waals surface area contributed by atoms with Crippen LogP contribution in [0.2, 0.25) is 0 Å². The molecule has 0 bridgehead atoms. The smallest absolute Gasteiger partial charge is 0.746 e. The molecule has 0 saturated carbocycles. The molecule has 0 saturated heterocycles. The Hall–Kier alpha value is 1.48. The molecule has 0 aliphatic carbocycles. The van der Waals surface area contributed by atoms with E-state index in [2.05, 4.69) is 0 Å². The minimum absolute atomic E-state index is 0. The topological polar surface area (TPSA) is 57.2 Å². The van der Waals surface area contributed by atoms with Crippen molar-refractivity contribution in [1.82, 2.24) is 0 Å². The third-order valence-electron chi connectivity index (χ3n) is 0.134. The number of halogens is 1. The molecule has 0 fully saturated rings. The van der Waals surface area contributed by atoms with E-state index >= 15 is 0 Å². The molecule has 38 valence electrons. The van der Waals surface area contributed by atoms with Crippen LogP contribution in [0.5, 0.6) is 0 Å². The van der Waals surface area contributed by atoms with Crippen molar-refractivity contribution in [3.05, 3.63) is 0 Å². The molecule has 6 heteroatoms.